The summed E-state index contributed by atoms with van der Waals surface area (Å²) >= 11 is 1.58. The summed E-state index contributed by atoms with van der Waals surface area (Å²) in [6, 6.07) is 9.79. The number of amides is 1. The zero-order chi connectivity index (χ0) is 13.1. The topological polar surface area (TPSA) is 29.1 Å². The van der Waals surface area contributed by atoms with Crippen molar-refractivity contribution in [1.29, 1.82) is 0 Å². The minimum Gasteiger partial charge on any atom is -0.321 e. The van der Waals surface area contributed by atoms with E-state index in [0.29, 0.717) is 0 Å². The maximum absolute atomic E-state index is 12.1. The SMILES string of the molecule is CCc1sc(C(=O)Nc2ccccc2C)cc1C. The third kappa shape index (κ3) is 2.62. The zero-order valence-corrected chi connectivity index (χ0v) is 11.7. The number of rotatable bonds is 3. The van der Waals surface area contributed by atoms with Crippen LogP contribution in [0.3, 0.4) is 0 Å². The average molecular weight is 259 g/mol. The lowest BCUT2D eigenvalue weighted by Gasteiger charge is -2.06. The number of hydrogen-bond acceptors (Lipinski definition) is 2. The molecule has 0 radical (unpaired) electrons. The maximum Gasteiger partial charge on any atom is 0.265 e. The molecule has 3 heteroatoms. The largest absolute Gasteiger partial charge is 0.321 e. The van der Waals surface area contributed by atoms with Gasteiger partial charge in [0.1, 0.15) is 0 Å². The normalized spacial score (nSPS) is 10.4. The molecule has 0 fully saturated rings. The van der Waals surface area contributed by atoms with Crippen LogP contribution in [-0.4, -0.2) is 5.91 Å². The van der Waals surface area contributed by atoms with Gasteiger partial charge in [0.2, 0.25) is 0 Å². The van der Waals surface area contributed by atoms with Gasteiger partial charge in [0.05, 0.1) is 4.88 Å². The second-order valence-corrected chi connectivity index (χ2v) is 5.48. The number of carbonyl (C=O) groups excluding carboxylic acids is 1. The van der Waals surface area contributed by atoms with Crippen molar-refractivity contribution in [3.8, 4) is 0 Å². The van der Waals surface area contributed by atoms with Crippen LogP contribution in [0.2, 0.25) is 0 Å². The first-order valence-corrected chi connectivity index (χ1v) is 6.89. The van der Waals surface area contributed by atoms with Gasteiger partial charge < -0.3 is 5.32 Å². The van der Waals surface area contributed by atoms with E-state index < -0.39 is 0 Å². The summed E-state index contributed by atoms with van der Waals surface area (Å²) in [5.41, 5.74) is 3.17. The Morgan fingerprint density at radius 1 is 1.22 bits per heavy atom. The molecule has 1 heterocycles. The van der Waals surface area contributed by atoms with Crippen molar-refractivity contribution >= 4 is 22.9 Å². The molecule has 1 amide bonds. The number of para-hydroxylation sites is 1. The molecule has 2 rings (SSSR count). The second-order valence-electron chi connectivity index (χ2n) is 4.34. The molecule has 1 aromatic heterocycles. The standard InChI is InChI=1S/C15H17NOS/c1-4-13-11(3)9-14(18-13)15(17)16-12-8-6-5-7-10(12)2/h5-9H,4H2,1-3H3,(H,16,17). The van der Waals surface area contributed by atoms with Crippen molar-refractivity contribution < 1.29 is 4.79 Å². The molecule has 94 valence electrons. The van der Waals surface area contributed by atoms with Gasteiger partial charge in [-0.05, 0) is 43.5 Å². The Morgan fingerprint density at radius 2 is 1.94 bits per heavy atom. The molecule has 18 heavy (non-hydrogen) atoms. The van der Waals surface area contributed by atoms with Crippen LogP contribution in [0, 0.1) is 13.8 Å². The van der Waals surface area contributed by atoms with Crippen molar-refractivity contribution in [3.05, 3.63) is 51.2 Å². The van der Waals surface area contributed by atoms with E-state index in [4.69, 9.17) is 0 Å². The van der Waals surface area contributed by atoms with E-state index in [1.54, 1.807) is 11.3 Å². The van der Waals surface area contributed by atoms with Crippen LogP contribution in [0.4, 0.5) is 5.69 Å². The summed E-state index contributed by atoms with van der Waals surface area (Å²) in [5, 5.41) is 2.96. The molecule has 0 saturated carbocycles. The van der Waals surface area contributed by atoms with Gasteiger partial charge in [-0.1, -0.05) is 25.1 Å². The molecular formula is C15H17NOS. The van der Waals surface area contributed by atoms with Crippen LogP contribution in [0.1, 0.15) is 32.6 Å². The van der Waals surface area contributed by atoms with Gasteiger partial charge in [-0.3, -0.25) is 4.79 Å². The number of nitrogens with one attached hydrogen (secondary N) is 1. The lowest BCUT2D eigenvalue weighted by atomic mass is 10.2. The van der Waals surface area contributed by atoms with E-state index in [0.717, 1.165) is 22.5 Å². The van der Waals surface area contributed by atoms with E-state index in [-0.39, 0.29) is 5.91 Å². The van der Waals surface area contributed by atoms with Crippen molar-refractivity contribution in [3.63, 3.8) is 0 Å². The Kier molecular flexibility index (Phi) is 3.82. The second kappa shape index (κ2) is 5.36. The summed E-state index contributed by atoms with van der Waals surface area (Å²) in [4.78, 5) is 14.2. The molecule has 0 aliphatic heterocycles. The molecule has 0 saturated heterocycles. The Hall–Kier alpha value is -1.61. The number of aryl methyl sites for hydroxylation is 3. The van der Waals surface area contributed by atoms with E-state index in [9.17, 15) is 4.79 Å². The van der Waals surface area contributed by atoms with Crippen LogP contribution < -0.4 is 5.32 Å². The molecule has 0 unspecified atom stereocenters. The van der Waals surface area contributed by atoms with Crippen LogP contribution >= 0.6 is 11.3 Å². The van der Waals surface area contributed by atoms with Crippen molar-refractivity contribution in [2.75, 3.05) is 5.32 Å². The van der Waals surface area contributed by atoms with Crippen molar-refractivity contribution in [1.82, 2.24) is 0 Å². The molecule has 0 aliphatic rings. The van der Waals surface area contributed by atoms with Gasteiger partial charge in [-0.25, -0.2) is 0 Å². The number of carbonyl (C=O) groups is 1. The van der Waals surface area contributed by atoms with E-state index in [1.807, 2.05) is 37.3 Å². The van der Waals surface area contributed by atoms with E-state index in [2.05, 4.69) is 19.2 Å². The molecular weight excluding hydrogens is 242 g/mol. The highest BCUT2D eigenvalue weighted by Gasteiger charge is 2.12. The van der Waals surface area contributed by atoms with Gasteiger partial charge in [-0.2, -0.15) is 0 Å². The summed E-state index contributed by atoms with van der Waals surface area (Å²) in [6.45, 7) is 6.16. The summed E-state index contributed by atoms with van der Waals surface area (Å²) in [6.07, 6.45) is 0.980. The van der Waals surface area contributed by atoms with Crippen LogP contribution in [0.15, 0.2) is 30.3 Å². The van der Waals surface area contributed by atoms with E-state index >= 15 is 0 Å². The predicted octanol–water partition coefficient (Wildman–Crippen LogP) is 4.18. The van der Waals surface area contributed by atoms with Gasteiger partial charge in [0.25, 0.3) is 5.91 Å². The van der Waals surface area contributed by atoms with Crippen molar-refractivity contribution in [2.45, 2.75) is 27.2 Å². The first kappa shape index (κ1) is 12.8. The minimum absolute atomic E-state index is 0.0166. The third-order valence-corrected chi connectivity index (χ3v) is 4.34. The number of thiophene rings is 1. The third-order valence-electron chi connectivity index (χ3n) is 2.96. The molecule has 1 aromatic carbocycles. The monoisotopic (exact) mass is 259 g/mol. The fourth-order valence-electron chi connectivity index (χ4n) is 1.88. The molecule has 0 atom stereocenters. The smallest absolute Gasteiger partial charge is 0.265 e. The highest BCUT2D eigenvalue weighted by atomic mass is 32.1. The molecule has 0 bridgehead atoms. The number of anilines is 1. The lowest BCUT2D eigenvalue weighted by Crippen LogP contribution is -2.10. The van der Waals surface area contributed by atoms with Crippen LogP contribution in [-0.2, 0) is 6.42 Å². The quantitative estimate of drug-likeness (QED) is 0.880. The predicted molar refractivity (Wildman–Crippen MR) is 77.6 cm³/mol. The first-order chi connectivity index (χ1) is 8.61. The highest BCUT2D eigenvalue weighted by Crippen LogP contribution is 2.24. The fourth-order valence-corrected chi connectivity index (χ4v) is 2.89. The Balaban J connectivity index is 2.19. The summed E-state index contributed by atoms with van der Waals surface area (Å²) in [5.74, 6) is -0.0166. The van der Waals surface area contributed by atoms with E-state index in [1.165, 1.54) is 10.4 Å². The van der Waals surface area contributed by atoms with Gasteiger partial charge in [0.15, 0.2) is 0 Å². The maximum atomic E-state index is 12.1. The molecule has 2 nitrogen and oxygen atoms in total. The highest BCUT2D eigenvalue weighted by molar-refractivity contribution is 7.14. The first-order valence-electron chi connectivity index (χ1n) is 6.08. The molecule has 0 spiro atoms. The number of hydrogen-bond donors (Lipinski definition) is 1. The molecule has 1 N–H and O–H groups in total. The Bertz CT molecular complexity index is 572. The van der Waals surface area contributed by atoms with Gasteiger partial charge in [-0.15, -0.1) is 11.3 Å². The zero-order valence-electron chi connectivity index (χ0n) is 10.9. The lowest BCUT2D eigenvalue weighted by molar-refractivity contribution is 0.103. The van der Waals surface area contributed by atoms with Crippen LogP contribution in [0.5, 0.6) is 0 Å². The van der Waals surface area contributed by atoms with Gasteiger partial charge >= 0.3 is 0 Å². The van der Waals surface area contributed by atoms with Gasteiger partial charge in [0, 0.05) is 10.6 Å². The minimum atomic E-state index is -0.0166. The molecule has 0 aliphatic carbocycles. The average Bonchev–Trinajstić information content (AvgIpc) is 2.73. The summed E-state index contributed by atoms with van der Waals surface area (Å²) < 4.78 is 0. The van der Waals surface area contributed by atoms with Crippen LogP contribution in [0.25, 0.3) is 0 Å². The van der Waals surface area contributed by atoms with Crippen molar-refractivity contribution in [2.24, 2.45) is 0 Å². The molecule has 2 aromatic rings. The summed E-state index contributed by atoms with van der Waals surface area (Å²) in [7, 11) is 0. The Labute approximate surface area is 112 Å². The Morgan fingerprint density at radius 3 is 2.56 bits per heavy atom. The fraction of sp³-hybridized carbons (Fsp3) is 0.267. The number of benzene rings is 1.